The summed E-state index contributed by atoms with van der Waals surface area (Å²) in [5.74, 6) is -0.0521. The van der Waals surface area contributed by atoms with Crippen molar-refractivity contribution in [3.63, 3.8) is 0 Å². The Morgan fingerprint density at radius 3 is 2.41 bits per heavy atom. The van der Waals surface area contributed by atoms with Crippen LogP contribution >= 0.6 is 0 Å². The van der Waals surface area contributed by atoms with E-state index >= 15 is 0 Å². The van der Waals surface area contributed by atoms with Gasteiger partial charge in [-0.05, 0) is 25.3 Å². The standard InChI is InChI=1S/C22H33NO3.BrH/c1-2-25-21(24)22(19-9-5-3-6-10-19)13-15-23(16-14-22)17-18-26-20-11-7-4-8-12-20;/h3,5-6,9-10,20H,2,4,7-8,11-18H2,1H3;1H. The Balaban J connectivity index is 0.00000261. The zero-order valence-corrected chi connectivity index (χ0v) is 18.1. The summed E-state index contributed by atoms with van der Waals surface area (Å²) in [7, 11) is 0. The Morgan fingerprint density at radius 2 is 1.78 bits per heavy atom. The number of rotatable bonds is 7. The highest BCUT2D eigenvalue weighted by molar-refractivity contribution is 5.83. The second kappa shape index (κ2) is 11.2. The molecule has 0 amide bonds. The molecular formula is C22H34BrNO3. The van der Waals surface area contributed by atoms with Gasteiger partial charge in [-0.3, -0.25) is 4.79 Å². The number of nitrogens with one attached hydrogen (secondary N) is 1. The maximum absolute atomic E-state index is 12.8. The first-order chi connectivity index (χ1) is 12.7. The SMILES string of the molecule is CCOC(=O)C1(c2ccccc2)CC[NH+](CCOC2CCCCC2)CC1.[Br-]. The lowest BCUT2D eigenvalue weighted by molar-refractivity contribution is -0.906. The van der Waals surface area contributed by atoms with Gasteiger partial charge in [-0.15, -0.1) is 0 Å². The van der Waals surface area contributed by atoms with Crippen LogP contribution in [0.15, 0.2) is 30.3 Å². The van der Waals surface area contributed by atoms with E-state index in [0.717, 1.165) is 44.6 Å². The molecule has 1 saturated heterocycles. The first-order valence-electron chi connectivity index (χ1n) is 10.4. The normalized spacial score (nSPS) is 26.2. The fraction of sp³-hybridized carbons (Fsp3) is 0.682. The Bertz CT molecular complexity index is 552. The molecule has 1 aromatic rings. The van der Waals surface area contributed by atoms with Gasteiger partial charge in [-0.25, -0.2) is 0 Å². The van der Waals surface area contributed by atoms with Crippen molar-refractivity contribution in [1.82, 2.24) is 0 Å². The predicted octanol–water partition coefficient (Wildman–Crippen LogP) is -0.480. The molecule has 0 spiro atoms. The molecular weight excluding hydrogens is 406 g/mol. The van der Waals surface area contributed by atoms with Gasteiger partial charge in [0, 0.05) is 12.8 Å². The van der Waals surface area contributed by atoms with E-state index in [2.05, 4.69) is 12.1 Å². The lowest BCUT2D eigenvalue weighted by atomic mass is 9.72. The summed E-state index contributed by atoms with van der Waals surface area (Å²) in [6.07, 6.45) is 8.66. The molecule has 0 unspecified atom stereocenters. The number of carbonyl (C=O) groups is 1. The molecule has 1 aliphatic carbocycles. The molecule has 5 heteroatoms. The molecule has 0 radical (unpaired) electrons. The van der Waals surface area contributed by atoms with E-state index in [-0.39, 0.29) is 23.0 Å². The smallest absolute Gasteiger partial charge is 0.317 e. The van der Waals surface area contributed by atoms with Gasteiger partial charge in [0.05, 0.1) is 32.4 Å². The molecule has 1 aromatic carbocycles. The molecule has 4 nitrogen and oxygen atoms in total. The van der Waals surface area contributed by atoms with Crippen molar-refractivity contribution in [2.24, 2.45) is 0 Å². The van der Waals surface area contributed by atoms with Crippen LogP contribution in [0.25, 0.3) is 0 Å². The van der Waals surface area contributed by atoms with Gasteiger partial charge in [0.2, 0.25) is 0 Å². The molecule has 2 aliphatic rings. The summed E-state index contributed by atoms with van der Waals surface area (Å²) in [6.45, 7) is 6.23. The highest BCUT2D eigenvalue weighted by atomic mass is 79.9. The van der Waals surface area contributed by atoms with Gasteiger partial charge in [-0.1, -0.05) is 49.6 Å². The van der Waals surface area contributed by atoms with Crippen LogP contribution in [0.4, 0.5) is 0 Å². The Morgan fingerprint density at radius 1 is 1.11 bits per heavy atom. The number of ether oxygens (including phenoxy) is 2. The van der Waals surface area contributed by atoms with Crippen molar-refractivity contribution < 1.29 is 36.1 Å². The molecule has 0 aromatic heterocycles. The molecule has 0 atom stereocenters. The molecule has 1 aliphatic heterocycles. The van der Waals surface area contributed by atoms with Crippen molar-refractivity contribution in [1.29, 1.82) is 0 Å². The molecule has 152 valence electrons. The first kappa shape index (κ1) is 22.4. The van der Waals surface area contributed by atoms with Gasteiger partial charge in [0.1, 0.15) is 12.0 Å². The maximum Gasteiger partial charge on any atom is 0.317 e. The van der Waals surface area contributed by atoms with Crippen LogP contribution in [0, 0.1) is 0 Å². The fourth-order valence-corrected chi connectivity index (χ4v) is 4.52. The fourth-order valence-electron chi connectivity index (χ4n) is 4.52. The highest BCUT2D eigenvalue weighted by Crippen LogP contribution is 2.34. The summed E-state index contributed by atoms with van der Waals surface area (Å²) in [6, 6.07) is 10.2. The number of piperidine rings is 1. The zero-order chi connectivity index (χ0) is 18.2. The number of halogens is 1. The van der Waals surface area contributed by atoms with E-state index in [9.17, 15) is 4.79 Å². The number of carbonyl (C=O) groups excluding carboxylic acids is 1. The van der Waals surface area contributed by atoms with Crippen LogP contribution in [0.1, 0.15) is 57.4 Å². The van der Waals surface area contributed by atoms with Gasteiger partial charge >= 0.3 is 5.97 Å². The molecule has 1 saturated carbocycles. The van der Waals surface area contributed by atoms with Gasteiger partial charge in [0.15, 0.2) is 0 Å². The number of hydrogen-bond donors (Lipinski definition) is 1. The van der Waals surface area contributed by atoms with E-state index in [4.69, 9.17) is 9.47 Å². The van der Waals surface area contributed by atoms with Crippen molar-refractivity contribution in [2.75, 3.05) is 32.8 Å². The molecule has 27 heavy (non-hydrogen) atoms. The van der Waals surface area contributed by atoms with Crippen molar-refractivity contribution >= 4 is 5.97 Å². The predicted molar refractivity (Wildman–Crippen MR) is 102 cm³/mol. The maximum atomic E-state index is 12.8. The number of quaternary nitrogens is 1. The molecule has 0 bridgehead atoms. The summed E-state index contributed by atoms with van der Waals surface area (Å²) in [5, 5.41) is 0. The Kier molecular flexibility index (Phi) is 9.27. The van der Waals surface area contributed by atoms with Gasteiger partial charge < -0.3 is 31.4 Å². The lowest BCUT2D eigenvalue weighted by Gasteiger charge is -2.38. The second-order valence-electron chi connectivity index (χ2n) is 7.80. The number of hydrogen-bond acceptors (Lipinski definition) is 3. The van der Waals surface area contributed by atoms with E-state index in [1.165, 1.54) is 32.1 Å². The summed E-state index contributed by atoms with van der Waals surface area (Å²) < 4.78 is 11.6. The average molecular weight is 440 g/mol. The van der Waals surface area contributed by atoms with E-state index < -0.39 is 5.41 Å². The van der Waals surface area contributed by atoms with Crippen LogP contribution in [0.3, 0.4) is 0 Å². The third kappa shape index (κ3) is 5.78. The molecule has 1 N–H and O–H groups in total. The lowest BCUT2D eigenvalue weighted by Crippen LogP contribution is -3.14. The van der Waals surface area contributed by atoms with Crippen LogP contribution < -0.4 is 21.9 Å². The summed E-state index contributed by atoms with van der Waals surface area (Å²) >= 11 is 0. The average Bonchev–Trinajstić information content (AvgIpc) is 2.70. The first-order valence-corrected chi connectivity index (χ1v) is 10.4. The molecule has 1 heterocycles. The quantitative estimate of drug-likeness (QED) is 0.583. The van der Waals surface area contributed by atoms with Crippen molar-refractivity contribution in [3.05, 3.63) is 35.9 Å². The second-order valence-corrected chi connectivity index (χ2v) is 7.80. The summed E-state index contributed by atoms with van der Waals surface area (Å²) in [4.78, 5) is 14.3. The van der Waals surface area contributed by atoms with Gasteiger partial charge in [0.25, 0.3) is 0 Å². The van der Waals surface area contributed by atoms with E-state index in [1.807, 2.05) is 25.1 Å². The van der Waals surface area contributed by atoms with Crippen LogP contribution in [-0.2, 0) is 19.7 Å². The number of esters is 1. The third-order valence-electron chi connectivity index (χ3n) is 6.16. The number of benzene rings is 1. The van der Waals surface area contributed by atoms with Crippen molar-refractivity contribution in [2.45, 2.75) is 63.4 Å². The summed E-state index contributed by atoms with van der Waals surface area (Å²) in [5.41, 5.74) is 0.640. The topological polar surface area (TPSA) is 40.0 Å². The Labute approximate surface area is 174 Å². The highest BCUT2D eigenvalue weighted by Gasteiger charge is 2.45. The minimum Gasteiger partial charge on any atom is -1.00 e. The largest absolute Gasteiger partial charge is 1.00 e. The minimum absolute atomic E-state index is 0. The molecule has 2 fully saturated rings. The zero-order valence-electron chi connectivity index (χ0n) is 16.6. The number of likely N-dealkylation sites (tertiary alicyclic amines) is 1. The van der Waals surface area contributed by atoms with Crippen LogP contribution in [0.2, 0.25) is 0 Å². The third-order valence-corrected chi connectivity index (χ3v) is 6.16. The Hall–Kier alpha value is -0.910. The van der Waals surface area contributed by atoms with Crippen molar-refractivity contribution in [3.8, 4) is 0 Å². The van der Waals surface area contributed by atoms with E-state index in [0.29, 0.717) is 12.7 Å². The molecule has 3 rings (SSSR count). The van der Waals surface area contributed by atoms with Gasteiger partial charge in [-0.2, -0.15) is 0 Å². The minimum atomic E-state index is -0.467. The van der Waals surface area contributed by atoms with Crippen LogP contribution in [0.5, 0.6) is 0 Å². The van der Waals surface area contributed by atoms with Crippen LogP contribution in [-0.4, -0.2) is 44.9 Å². The van der Waals surface area contributed by atoms with E-state index in [1.54, 1.807) is 4.90 Å². The monoisotopic (exact) mass is 439 g/mol.